The van der Waals surface area contributed by atoms with Crippen molar-refractivity contribution in [1.29, 1.82) is 0 Å². The lowest BCUT2D eigenvalue weighted by Crippen LogP contribution is -2.32. The van der Waals surface area contributed by atoms with Crippen LogP contribution in [-0.2, 0) is 14.8 Å². The average Bonchev–Trinajstić information content (AvgIpc) is 3.06. The van der Waals surface area contributed by atoms with Gasteiger partial charge in [0.05, 0.1) is 30.7 Å². The average molecular weight is 461 g/mol. The number of carbonyl (C=O) groups excluding carboxylic acids is 1. The number of hydrogen-bond donors (Lipinski definition) is 1. The minimum absolute atomic E-state index is 0.125. The highest BCUT2D eigenvalue weighted by Gasteiger charge is 2.26. The number of nitrogens with zero attached hydrogens (tertiary/aromatic N) is 1. The Morgan fingerprint density at radius 3 is 2.41 bits per heavy atom. The third-order valence-electron chi connectivity index (χ3n) is 5.58. The predicted octanol–water partition coefficient (Wildman–Crippen LogP) is 4.28. The summed E-state index contributed by atoms with van der Waals surface area (Å²) < 4.78 is 38.9. The highest BCUT2D eigenvalue weighted by atomic mass is 32.2. The molecule has 7 nitrogen and oxygen atoms in total. The smallest absolute Gasteiger partial charge is 0.243 e. The minimum atomic E-state index is -3.63. The van der Waals surface area contributed by atoms with Crippen molar-refractivity contribution in [3.63, 3.8) is 0 Å². The van der Waals surface area contributed by atoms with Crippen LogP contribution < -0.4 is 14.8 Å². The van der Waals surface area contributed by atoms with E-state index in [0.717, 1.165) is 42.6 Å². The zero-order valence-corrected chi connectivity index (χ0v) is 19.8. The van der Waals surface area contributed by atoms with Crippen LogP contribution >= 0.6 is 0 Å². The van der Waals surface area contributed by atoms with Crippen LogP contribution in [-0.4, -0.2) is 45.4 Å². The molecule has 1 heterocycles. The molecule has 1 N–H and O–H groups in total. The molecule has 3 rings (SSSR count). The third-order valence-corrected chi connectivity index (χ3v) is 7.47. The van der Waals surface area contributed by atoms with Gasteiger partial charge in [-0.25, -0.2) is 8.42 Å². The van der Waals surface area contributed by atoms with Crippen LogP contribution in [0.25, 0.3) is 0 Å². The molecule has 1 fully saturated rings. The zero-order chi connectivity index (χ0) is 23.1. The molecule has 32 heavy (non-hydrogen) atoms. The van der Waals surface area contributed by atoms with Crippen LogP contribution in [0.5, 0.6) is 11.5 Å². The first-order chi connectivity index (χ1) is 15.3. The first-order valence-electron chi connectivity index (χ1n) is 11.0. The van der Waals surface area contributed by atoms with Crippen molar-refractivity contribution >= 4 is 21.6 Å². The maximum absolute atomic E-state index is 13.1. The Hall–Kier alpha value is -2.58. The van der Waals surface area contributed by atoms with E-state index in [1.54, 1.807) is 6.07 Å². The Kier molecular flexibility index (Phi) is 8.15. The minimum Gasteiger partial charge on any atom is -0.495 e. The van der Waals surface area contributed by atoms with Crippen LogP contribution in [0.15, 0.2) is 41.3 Å². The molecule has 0 atom stereocenters. The van der Waals surface area contributed by atoms with Crippen molar-refractivity contribution < 1.29 is 22.7 Å². The fourth-order valence-electron chi connectivity index (χ4n) is 3.71. The van der Waals surface area contributed by atoms with Gasteiger partial charge in [-0.15, -0.1) is 0 Å². The van der Waals surface area contributed by atoms with Crippen LogP contribution in [0.1, 0.15) is 43.2 Å². The largest absolute Gasteiger partial charge is 0.495 e. The summed E-state index contributed by atoms with van der Waals surface area (Å²) in [6.07, 6.45) is 3.93. The number of amides is 1. The molecular formula is C24H32N2O5S. The second-order valence-corrected chi connectivity index (χ2v) is 10.0. The van der Waals surface area contributed by atoms with Crippen molar-refractivity contribution in [3.05, 3.63) is 47.5 Å². The second kappa shape index (κ2) is 10.8. The van der Waals surface area contributed by atoms with Gasteiger partial charge in [-0.3, -0.25) is 4.79 Å². The van der Waals surface area contributed by atoms with E-state index >= 15 is 0 Å². The van der Waals surface area contributed by atoms with Crippen LogP contribution in [0.2, 0.25) is 0 Å². The molecule has 1 amide bonds. The van der Waals surface area contributed by atoms with E-state index < -0.39 is 10.0 Å². The quantitative estimate of drug-likeness (QED) is 0.635. The van der Waals surface area contributed by atoms with Crippen LogP contribution in [0.3, 0.4) is 0 Å². The maximum Gasteiger partial charge on any atom is 0.243 e. The Morgan fingerprint density at radius 1 is 1.00 bits per heavy atom. The number of anilines is 1. The molecule has 1 aliphatic rings. The molecule has 1 aliphatic heterocycles. The monoisotopic (exact) mass is 460 g/mol. The maximum atomic E-state index is 13.1. The number of ether oxygens (including phenoxy) is 2. The Balaban J connectivity index is 1.68. The predicted molar refractivity (Wildman–Crippen MR) is 125 cm³/mol. The van der Waals surface area contributed by atoms with Gasteiger partial charge in [0.2, 0.25) is 15.9 Å². The second-order valence-electron chi connectivity index (χ2n) is 8.10. The number of carbonyl (C=O) groups is 1. The van der Waals surface area contributed by atoms with Crippen molar-refractivity contribution in [3.8, 4) is 11.5 Å². The highest BCUT2D eigenvalue weighted by Crippen LogP contribution is 2.30. The van der Waals surface area contributed by atoms with Gasteiger partial charge in [0, 0.05) is 13.1 Å². The topological polar surface area (TPSA) is 84.9 Å². The van der Waals surface area contributed by atoms with Crippen molar-refractivity contribution in [2.75, 3.05) is 32.1 Å². The van der Waals surface area contributed by atoms with Crippen LogP contribution in [0.4, 0.5) is 5.69 Å². The molecule has 1 saturated heterocycles. The lowest BCUT2D eigenvalue weighted by molar-refractivity contribution is -0.116. The Morgan fingerprint density at radius 2 is 1.72 bits per heavy atom. The SMILES string of the molecule is COc1ccc(S(=O)(=O)N2CCCCCC2)cc1NC(=O)CCOc1cc(C)ccc1C. The van der Waals surface area contributed by atoms with Crippen molar-refractivity contribution in [1.82, 2.24) is 4.31 Å². The standard InChI is InChI=1S/C24H32N2O5S/c1-18-8-9-19(2)23(16-18)31-15-12-24(27)25-21-17-20(10-11-22(21)30-3)32(28,29)26-13-6-4-5-7-14-26/h8-11,16-17H,4-7,12-15H2,1-3H3,(H,25,27). The lowest BCUT2D eigenvalue weighted by atomic mass is 10.1. The number of methoxy groups -OCH3 is 1. The van der Waals surface area contributed by atoms with E-state index in [2.05, 4.69) is 5.32 Å². The first kappa shape index (κ1) is 24.1. The van der Waals surface area contributed by atoms with Gasteiger partial charge in [0.15, 0.2) is 0 Å². The summed E-state index contributed by atoms with van der Waals surface area (Å²) in [4.78, 5) is 12.7. The molecule has 174 valence electrons. The van der Waals surface area contributed by atoms with E-state index in [1.165, 1.54) is 23.5 Å². The Labute approximate surface area is 190 Å². The number of sulfonamides is 1. The van der Waals surface area contributed by atoms with E-state index in [0.29, 0.717) is 24.5 Å². The normalized spacial score (nSPS) is 15.1. The summed E-state index contributed by atoms with van der Waals surface area (Å²) in [5.74, 6) is 0.877. The highest BCUT2D eigenvalue weighted by molar-refractivity contribution is 7.89. The number of benzene rings is 2. The molecule has 0 bridgehead atoms. The van der Waals surface area contributed by atoms with Gasteiger partial charge >= 0.3 is 0 Å². The molecule has 0 saturated carbocycles. The van der Waals surface area contributed by atoms with Gasteiger partial charge < -0.3 is 14.8 Å². The lowest BCUT2D eigenvalue weighted by Gasteiger charge is -2.21. The number of nitrogens with one attached hydrogen (secondary N) is 1. The summed E-state index contributed by atoms with van der Waals surface area (Å²) >= 11 is 0. The fraction of sp³-hybridized carbons (Fsp3) is 0.458. The van der Waals surface area contributed by atoms with Gasteiger partial charge in [-0.05, 0) is 62.1 Å². The van der Waals surface area contributed by atoms with Crippen LogP contribution in [0, 0.1) is 13.8 Å². The number of aryl methyl sites for hydroxylation is 2. The fourth-order valence-corrected chi connectivity index (χ4v) is 5.25. The van der Waals surface area contributed by atoms with Crippen molar-refractivity contribution in [2.45, 2.75) is 50.8 Å². The molecule has 8 heteroatoms. The first-order valence-corrected chi connectivity index (χ1v) is 12.4. The third kappa shape index (κ3) is 6.01. The summed E-state index contributed by atoms with van der Waals surface area (Å²) in [6.45, 7) is 5.19. The summed E-state index contributed by atoms with van der Waals surface area (Å²) in [5.41, 5.74) is 2.42. The van der Waals surface area contributed by atoms with Crippen molar-refractivity contribution in [2.24, 2.45) is 0 Å². The molecule has 0 unspecified atom stereocenters. The summed E-state index contributed by atoms with van der Waals surface area (Å²) in [5, 5.41) is 2.77. The molecule has 2 aromatic rings. The molecule has 0 aromatic heterocycles. The number of rotatable bonds is 8. The van der Waals surface area contributed by atoms with E-state index in [9.17, 15) is 13.2 Å². The van der Waals surface area contributed by atoms with Gasteiger partial charge in [0.25, 0.3) is 0 Å². The summed E-state index contributed by atoms with van der Waals surface area (Å²) in [6, 6.07) is 10.5. The number of hydrogen-bond acceptors (Lipinski definition) is 5. The van der Waals surface area contributed by atoms with Gasteiger partial charge in [0.1, 0.15) is 11.5 Å². The molecule has 0 spiro atoms. The summed E-state index contributed by atoms with van der Waals surface area (Å²) in [7, 11) is -2.14. The van der Waals surface area contributed by atoms with Gasteiger partial charge in [-0.1, -0.05) is 25.0 Å². The molecule has 0 radical (unpaired) electrons. The molecule has 0 aliphatic carbocycles. The Bertz CT molecular complexity index is 1040. The molecular weight excluding hydrogens is 428 g/mol. The van der Waals surface area contributed by atoms with E-state index in [1.807, 2.05) is 32.0 Å². The zero-order valence-electron chi connectivity index (χ0n) is 19.0. The van der Waals surface area contributed by atoms with Gasteiger partial charge in [-0.2, -0.15) is 4.31 Å². The van der Waals surface area contributed by atoms with E-state index in [4.69, 9.17) is 9.47 Å². The van der Waals surface area contributed by atoms with E-state index in [-0.39, 0.29) is 23.8 Å². The molecule has 2 aromatic carbocycles.